The van der Waals surface area contributed by atoms with E-state index in [2.05, 4.69) is 10.6 Å². The molecule has 0 spiro atoms. The van der Waals surface area contributed by atoms with E-state index in [1.165, 1.54) is 18.9 Å². The topological polar surface area (TPSA) is 105 Å². The van der Waals surface area contributed by atoms with Gasteiger partial charge in [0.25, 0.3) is 5.91 Å². The summed E-state index contributed by atoms with van der Waals surface area (Å²) < 4.78 is 5.02. The van der Waals surface area contributed by atoms with Gasteiger partial charge in [0, 0.05) is 17.9 Å². The molecular weight excluding hydrogens is 308 g/mol. The highest BCUT2D eigenvalue weighted by Crippen LogP contribution is 2.12. The minimum atomic E-state index is -0.887. The molecule has 3 N–H and O–H groups in total. The van der Waals surface area contributed by atoms with Crippen LogP contribution in [-0.2, 0) is 9.59 Å². The number of ether oxygens (including phenoxy) is 1. The van der Waals surface area contributed by atoms with Crippen LogP contribution in [0.2, 0.25) is 0 Å². The summed E-state index contributed by atoms with van der Waals surface area (Å²) in [5.74, 6) is -0.513. The van der Waals surface area contributed by atoms with E-state index in [-0.39, 0.29) is 24.1 Å². The molecule has 0 atom stereocenters. The van der Waals surface area contributed by atoms with Gasteiger partial charge in [-0.05, 0) is 18.2 Å². The Hall–Kier alpha value is -2.22. The van der Waals surface area contributed by atoms with Crippen molar-refractivity contribution in [1.82, 2.24) is 10.6 Å². The fourth-order valence-corrected chi connectivity index (χ4v) is 2.08. The predicted octanol–water partition coefficient (Wildman–Crippen LogP) is 0.359. The summed E-state index contributed by atoms with van der Waals surface area (Å²) in [4.78, 5) is 33.7. The van der Waals surface area contributed by atoms with E-state index in [4.69, 9.17) is 9.84 Å². The second-order valence-corrected chi connectivity index (χ2v) is 5.32. The number of thioether (sulfide) groups is 1. The normalized spacial score (nSPS) is 9.86. The third-order valence-corrected chi connectivity index (χ3v) is 3.48. The van der Waals surface area contributed by atoms with Crippen molar-refractivity contribution in [3.8, 4) is 5.75 Å². The molecule has 8 heteroatoms. The monoisotopic (exact) mass is 326 g/mol. The highest BCUT2D eigenvalue weighted by Gasteiger charge is 2.08. The maximum absolute atomic E-state index is 11.9. The van der Waals surface area contributed by atoms with Crippen LogP contribution in [0.4, 0.5) is 0 Å². The Bertz CT molecular complexity index is 536. The molecule has 1 aromatic rings. The number of benzene rings is 1. The molecule has 2 amide bonds. The molecule has 1 rings (SSSR count). The van der Waals surface area contributed by atoms with E-state index in [0.29, 0.717) is 23.6 Å². The number of rotatable bonds is 9. The maximum atomic E-state index is 11.9. The summed E-state index contributed by atoms with van der Waals surface area (Å²) in [6, 6.07) is 6.61. The number of carboxylic acids is 1. The fourth-order valence-electron chi connectivity index (χ4n) is 1.51. The van der Waals surface area contributed by atoms with Gasteiger partial charge < -0.3 is 20.5 Å². The minimum Gasteiger partial charge on any atom is -0.497 e. The van der Waals surface area contributed by atoms with Crippen LogP contribution in [0, 0.1) is 0 Å². The zero-order valence-electron chi connectivity index (χ0n) is 12.1. The summed E-state index contributed by atoms with van der Waals surface area (Å²) in [6.07, 6.45) is 0. The zero-order chi connectivity index (χ0) is 16.4. The van der Waals surface area contributed by atoms with Crippen molar-refractivity contribution in [1.29, 1.82) is 0 Å². The first-order valence-electron chi connectivity index (χ1n) is 6.51. The lowest BCUT2D eigenvalue weighted by Crippen LogP contribution is -2.37. The van der Waals surface area contributed by atoms with Crippen molar-refractivity contribution < 1.29 is 24.2 Å². The maximum Gasteiger partial charge on any atom is 0.313 e. The predicted molar refractivity (Wildman–Crippen MR) is 83.3 cm³/mol. The molecule has 120 valence electrons. The first-order valence-corrected chi connectivity index (χ1v) is 7.67. The van der Waals surface area contributed by atoms with E-state index in [9.17, 15) is 14.4 Å². The first-order chi connectivity index (χ1) is 10.5. The second kappa shape index (κ2) is 9.67. The summed E-state index contributed by atoms with van der Waals surface area (Å²) in [6.45, 7) is 0.214. The van der Waals surface area contributed by atoms with Crippen LogP contribution < -0.4 is 15.4 Å². The van der Waals surface area contributed by atoms with Crippen molar-refractivity contribution in [3.05, 3.63) is 29.8 Å². The first kappa shape index (κ1) is 17.8. The highest BCUT2D eigenvalue weighted by atomic mass is 32.2. The summed E-state index contributed by atoms with van der Waals surface area (Å²) in [5, 5.41) is 13.5. The van der Waals surface area contributed by atoms with Crippen molar-refractivity contribution in [2.45, 2.75) is 0 Å². The minimum absolute atomic E-state index is 0.00243. The summed E-state index contributed by atoms with van der Waals surface area (Å²) in [5.41, 5.74) is 0.407. The average molecular weight is 326 g/mol. The number of nitrogens with one attached hydrogen (secondary N) is 2. The number of methoxy groups -OCH3 is 1. The number of carbonyl (C=O) groups is 3. The van der Waals surface area contributed by atoms with Crippen LogP contribution in [0.3, 0.4) is 0 Å². The lowest BCUT2D eigenvalue weighted by molar-refractivity contribution is -0.133. The van der Waals surface area contributed by atoms with E-state index in [1.54, 1.807) is 24.3 Å². The number of amides is 2. The Kier molecular flexibility index (Phi) is 7.84. The molecule has 0 aliphatic carbocycles. The molecule has 0 bridgehead atoms. The third kappa shape index (κ3) is 6.98. The summed E-state index contributed by atoms with van der Waals surface area (Å²) >= 11 is 1.21. The summed E-state index contributed by atoms with van der Waals surface area (Å²) in [7, 11) is 1.51. The van der Waals surface area contributed by atoms with Gasteiger partial charge in [-0.25, -0.2) is 0 Å². The number of carboxylic acid groups (broad SMARTS) is 1. The van der Waals surface area contributed by atoms with Gasteiger partial charge in [0.05, 0.1) is 19.4 Å². The van der Waals surface area contributed by atoms with Gasteiger partial charge in [-0.3, -0.25) is 14.4 Å². The van der Waals surface area contributed by atoms with E-state index in [0.717, 1.165) is 0 Å². The molecule has 0 unspecified atom stereocenters. The van der Waals surface area contributed by atoms with Gasteiger partial charge in [0.2, 0.25) is 5.91 Å². The molecule has 0 aliphatic heterocycles. The third-order valence-electron chi connectivity index (χ3n) is 2.54. The van der Waals surface area contributed by atoms with Crippen LogP contribution in [0.1, 0.15) is 10.4 Å². The molecule has 0 radical (unpaired) electrons. The van der Waals surface area contributed by atoms with Crippen molar-refractivity contribution in [2.75, 3.05) is 31.7 Å². The lowest BCUT2D eigenvalue weighted by atomic mass is 10.2. The number of hydrogen-bond donors (Lipinski definition) is 3. The molecule has 0 heterocycles. The van der Waals surface area contributed by atoms with Crippen LogP contribution in [0.5, 0.6) is 5.75 Å². The van der Waals surface area contributed by atoms with Gasteiger partial charge in [-0.1, -0.05) is 6.07 Å². The van der Waals surface area contributed by atoms with Crippen molar-refractivity contribution >= 4 is 29.5 Å². The Morgan fingerprint density at radius 1 is 1.27 bits per heavy atom. The smallest absolute Gasteiger partial charge is 0.313 e. The molecule has 0 aliphatic rings. The Morgan fingerprint density at radius 2 is 2.05 bits per heavy atom. The van der Waals surface area contributed by atoms with E-state index < -0.39 is 5.97 Å². The van der Waals surface area contributed by atoms with Crippen LogP contribution >= 0.6 is 11.8 Å². The fraction of sp³-hybridized carbons (Fsp3) is 0.357. The molecule has 1 aromatic carbocycles. The average Bonchev–Trinajstić information content (AvgIpc) is 2.52. The second-order valence-electron chi connectivity index (χ2n) is 4.21. The van der Waals surface area contributed by atoms with Crippen LogP contribution in [0.15, 0.2) is 24.3 Å². The Balaban J connectivity index is 2.25. The quantitative estimate of drug-likeness (QED) is 0.566. The van der Waals surface area contributed by atoms with Crippen molar-refractivity contribution in [2.24, 2.45) is 0 Å². The van der Waals surface area contributed by atoms with Crippen molar-refractivity contribution in [3.63, 3.8) is 0 Å². The Labute approximate surface area is 132 Å². The Morgan fingerprint density at radius 3 is 2.73 bits per heavy atom. The zero-order valence-corrected chi connectivity index (χ0v) is 12.9. The van der Waals surface area contributed by atoms with Crippen LogP contribution in [0.25, 0.3) is 0 Å². The molecule has 0 aromatic heterocycles. The molecule has 0 saturated carbocycles. The standard InChI is InChI=1S/C14H18N2O5S/c1-21-11-4-2-3-10(7-11)14(20)16-8-12(17)15-5-6-22-9-13(18)19/h2-4,7H,5-6,8-9H2,1H3,(H,15,17)(H,16,20)(H,18,19). The van der Waals surface area contributed by atoms with Gasteiger partial charge in [-0.15, -0.1) is 11.8 Å². The SMILES string of the molecule is COc1cccc(C(=O)NCC(=O)NCCSCC(=O)O)c1. The largest absolute Gasteiger partial charge is 0.497 e. The van der Waals surface area contributed by atoms with Gasteiger partial charge >= 0.3 is 5.97 Å². The van der Waals surface area contributed by atoms with E-state index in [1.807, 2.05) is 0 Å². The van der Waals surface area contributed by atoms with Gasteiger partial charge in [0.1, 0.15) is 5.75 Å². The van der Waals surface area contributed by atoms with E-state index >= 15 is 0 Å². The number of carbonyl (C=O) groups excluding carboxylic acids is 2. The van der Waals surface area contributed by atoms with Gasteiger partial charge in [0.15, 0.2) is 0 Å². The molecule has 0 saturated heterocycles. The molecule has 22 heavy (non-hydrogen) atoms. The molecular formula is C14H18N2O5S. The van der Waals surface area contributed by atoms with Gasteiger partial charge in [-0.2, -0.15) is 0 Å². The van der Waals surface area contributed by atoms with Crippen LogP contribution in [-0.4, -0.2) is 54.6 Å². The number of hydrogen-bond acceptors (Lipinski definition) is 5. The number of aliphatic carboxylic acids is 1. The lowest BCUT2D eigenvalue weighted by Gasteiger charge is -2.07. The molecule has 7 nitrogen and oxygen atoms in total. The highest BCUT2D eigenvalue weighted by molar-refractivity contribution is 7.99. The molecule has 0 fully saturated rings.